The molecule has 8 heteroatoms. The van der Waals surface area contributed by atoms with Crippen LogP contribution in [-0.4, -0.2) is 47.9 Å². The third kappa shape index (κ3) is 8.28. The van der Waals surface area contributed by atoms with E-state index in [-0.39, 0.29) is 48.9 Å². The summed E-state index contributed by atoms with van der Waals surface area (Å²) in [5.74, 6) is -1.17. The van der Waals surface area contributed by atoms with E-state index in [1.807, 2.05) is 44.2 Å². The molecule has 3 atom stereocenters. The van der Waals surface area contributed by atoms with Crippen LogP contribution < -0.4 is 22.1 Å². The predicted molar refractivity (Wildman–Crippen MR) is 132 cm³/mol. The molecule has 0 saturated heterocycles. The Labute approximate surface area is 201 Å². The lowest BCUT2D eigenvalue weighted by atomic mass is 9.91. The SMILES string of the molecule is Cc1cc(O)cc(C)c1C[C@H](N)C(=O)C[C@H](C)C(=O)NC[C@H](Cc1ccccc1)NC(=O)CN. The number of Topliss-reactive ketones (excluding diaryl/α,β-unsaturated/α-hetero) is 1. The van der Waals surface area contributed by atoms with Crippen molar-refractivity contribution in [2.75, 3.05) is 13.1 Å². The molecule has 0 fully saturated rings. The number of aromatic hydroxyl groups is 1. The highest BCUT2D eigenvalue weighted by atomic mass is 16.3. The Morgan fingerprint density at radius 3 is 2.24 bits per heavy atom. The fourth-order valence-electron chi connectivity index (χ4n) is 3.93. The Bertz CT molecular complexity index is 971. The van der Waals surface area contributed by atoms with Crippen molar-refractivity contribution in [1.82, 2.24) is 10.6 Å². The van der Waals surface area contributed by atoms with Gasteiger partial charge in [-0.3, -0.25) is 14.4 Å². The van der Waals surface area contributed by atoms with Crippen molar-refractivity contribution in [1.29, 1.82) is 0 Å². The summed E-state index contributed by atoms with van der Waals surface area (Å²) in [6, 6.07) is 11.8. The number of hydrogen-bond acceptors (Lipinski definition) is 6. The summed E-state index contributed by atoms with van der Waals surface area (Å²) in [5, 5.41) is 15.4. The number of carbonyl (C=O) groups is 3. The third-order valence-corrected chi connectivity index (χ3v) is 5.87. The number of amides is 2. The second-order valence-electron chi connectivity index (χ2n) is 8.84. The van der Waals surface area contributed by atoms with Crippen LogP contribution in [0.4, 0.5) is 0 Å². The third-order valence-electron chi connectivity index (χ3n) is 5.87. The number of hydrogen-bond donors (Lipinski definition) is 5. The monoisotopic (exact) mass is 468 g/mol. The average molecular weight is 469 g/mol. The van der Waals surface area contributed by atoms with Crippen LogP contribution in [0.2, 0.25) is 0 Å². The minimum absolute atomic E-state index is 0.0156. The molecule has 0 aliphatic rings. The van der Waals surface area contributed by atoms with Crippen molar-refractivity contribution in [2.45, 2.75) is 52.1 Å². The summed E-state index contributed by atoms with van der Waals surface area (Å²) in [5.41, 5.74) is 15.3. The smallest absolute Gasteiger partial charge is 0.234 e. The highest BCUT2D eigenvalue weighted by Crippen LogP contribution is 2.22. The van der Waals surface area contributed by atoms with E-state index < -0.39 is 12.0 Å². The average Bonchev–Trinajstić information content (AvgIpc) is 2.79. The standard InChI is InChI=1S/C26H36N4O4/c1-16-9-21(31)10-17(2)22(16)13-23(28)24(32)11-18(3)26(34)29-15-20(30-25(33)14-27)12-19-7-5-4-6-8-19/h4-10,18,20,23,31H,11-15,27-28H2,1-3H3,(H,29,34)(H,30,33)/t18-,20-,23-/m0/s1. The second-order valence-corrected chi connectivity index (χ2v) is 8.84. The summed E-state index contributed by atoms with van der Waals surface area (Å²) in [4.78, 5) is 37.1. The number of aryl methyl sites for hydroxylation is 2. The molecular formula is C26H36N4O4. The lowest BCUT2D eigenvalue weighted by Crippen LogP contribution is -2.48. The van der Waals surface area contributed by atoms with Gasteiger partial charge in [-0.2, -0.15) is 0 Å². The van der Waals surface area contributed by atoms with Crippen LogP contribution in [-0.2, 0) is 27.2 Å². The Hall–Kier alpha value is -3.23. The number of phenolic OH excluding ortho intramolecular Hbond substituents is 1. The van der Waals surface area contributed by atoms with Crippen molar-refractivity contribution in [3.8, 4) is 5.75 Å². The molecule has 7 N–H and O–H groups in total. The number of rotatable bonds is 12. The Morgan fingerprint density at radius 1 is 1.03 bits per heavy atom. The van der Waals surface area contributed by atoms with E-state index >= 15 is 0 Å². The predicted octanol–water partition coefficient (Wildman–Crippen LogP) is 1.28. The minimum atomic E-state index is -0.744. The number of phenols is 1. The fourth-order valence-corrected chi connectivity index (χ4v) is 3.93. The van der Waals surface area contributed by atoms with E-state index in [0.717, 1.165) is 22.3 Å². The van der Waals surface area contributed by atoms with Crippen LogP contribution in [0.1, 0.15) is 35.6 Å². The van der Waals surface area contributed by atoms with Gasteiger partial charge in [-0.25, -0.2) is 0 Å². The molecule has 184 valence electrons. The van der Waals surface area contributed by atoms with E-state index in [0.29, 0.717) is 12.8 Å². The quantitative estimate of drug-likeness (QED) is 0.317. The molecule has 0 heterocycles. The van der Waals surface area contributed by atoms with Crippen molar-refractivity contribution in [3.05, 3.63) is 64.7 Å². The van der Waals surface area contributed by atoms with E-state index in [2.05, 4.69) is 10.6 Å². The molecule has 0 radical (unpaired) electrons. The number of nitrogens with two attached hydrogens (primary N) is 2. The maximum absolute atomic E-state index is 12.7. The minimum Gasteiger partial charge on any atom is -0.508 e. The van der Waals surface area contributed by atoms with E-state index in [1.54, 1.807) is 19.1 Å². The highest BCUT2D eigenvalue weighted by molar-refractivity contribution is 5.89. The normalized spacial score (nSPS) is 13.6. The number of benzene rings is 2. The van der Waals surface area contributed by atoms with Gasteiger partial charge in [-0.1, -0.05) is 37.3 Å². The molecule has 0 aliphatic heterocycles. The van der Waals surface area contributed by atoms with Gasteiger partial charge in [0.05, 0.1) is 18.6 Å². The summed E-state index contributed by atoms with van der Waals surface area (Å²) in [7, 11) is 0. The van der Waals surface area contributed by atoms with Crippen LogP contribution in [0.25, 0.3) is 0 Å². The maximum atomic E-state index is 12.7. The first-order valence-corrected chi connectivity index (χ1v) is 11.5. The van der Waals surface area contributed by atoms with Gasteiger partial charge in [0.25, 0.3) is 0 Å². The Kier molecular flexibility index (Phi) is 10.2. The summed E-state index contributed by atoms with van der Waals surface area (Å²) < 4.78 is 0. The molecular weight excluding hydrogens is 432 g/mol. The van der Waals surface area contributed by atoms with E-state index in [1.165, 1.54) is 0 Å². The molecule has 0 unspecified atom stereocenters. The van der Waals surface area contributed by atoms with Crippen molar-refractivity contribution in [2.24, 2.45) is 17.4 Å². The lowest BCUT2D eigenvalue weighted by Gasteiger charge is -2.21. The molecule has 2 aromatic rings. The first-order valence-electron chi connectivity index (χ1n) is 11.5. The molecule has 2 rings (SSSR count). The van der Waals surface area contributed by atoms with E-state index in [9.17, 15) is 19.5 Å². The molecule has 0 saturated carbocycles. The topological polar surface area (TPSA) is 148 Å². The van der Waals surface area contributed by atoms with E-state index in [4.69, 9.17) is 11.5 Å². The number of nitrogens with one attached hydrogen (secondary N) is 2. The largest absolute Gasteiger partial charge is 0.508 e. The molecule has 2 aromatic carbocycles. The number of carbonyl (C=O) groups excluding carboxylic acids is 3. The number of ketones is 1. The van der Waals surface area contributed by atoms with Crippen molar-refractivity contribution >= 4 is 17.6 Å². The van der Waals surface area contributed by atoms with Gasteiger partial charge in [-0.15, -0.1) is 0 Å². The first kappa shape index (κ1) is 27.0. The van der Waals surface area contributed by atoms with Gasteiger partial charge in [0.2, 0.25) is 11.8 Å². The van der Waals surface area contributed by atoms with Gasteiger partial charge < -0.3 is 27.2 Å². The molecule has 0 aliphatic carbocycles. The lowest BCUT2D eigenvalue weighted by molar-refractivity contribution is -0.129. The van der Waals surface area contributed by atoms with Crippen LogP contribution in [0.5, 0.6) is 5.75 Å². The van der Waals surface area contributed by atoms with Crippen LogP contribution in [0.3, 0.4) is 0 Å². The van der Waals surface area contributed by atoms with Crippen LogP contribution in [0.15, 0.2) is 42.5 Å². The molecule has 0 bridgehead atoms. The zero-order chi connectivity index (χ0) is 25.3. The van der Waals surface area contributed by atoms with Gasteiger partial charge >= 0.3 is 0 Å². The molecule has 0 spiro atoms. The zero-order valence-electron chi connectivity index (χ0n) is 20.1. The van der Waals surface area contributed by atoms with Gasteiger partial charge in [-0.05, 0) is 61.1 Å². The van der Waals surface area contributed by atoms with Crippen molar-refractivity contribution in [3.63, 3.8) is 0 Å². The van der Waals surface area contributed by atoms with Crippen LogP contribution >= 0.6 is 0 Å². The zero-order valence-corrected chi connectivity index (χ0v) is 20.1. The molecule has 8 nitrogen and oxygen atoms in total. The van der Waals surface area contributed by atoms with Crippen molar-refractivity contribution < 1.29 is 19.5 Å². The van der Waals surface area contributed by atoms with Gasteiger partial charge in [0.1, 0.15) is 5.75 Å². The maximum Gasteiger partial charge on any atom is 0.234 e. The molecule has 34 heavy (non-hydrogen) atoms. The summed E-state index contributed by atoms with van der Waals surface area (Å²) in [6.07, 6.45) is 0.896. The Balaban J connectivity index is 1.91. The first-order chi connectivity index (χ1) is 16.1. The van der Waals surface area contributed by atoms with Gasteiger partial charge in [0, 0.05) is 18.9 Å². The fraction of sp³-hybridized carbons (Fsp3) is 0.423. The summed E-state index contributed by atoms with van der Waals surface area (Å²) in [6.45, 7) is 5.49. The highest BCUT2D eigenvalue weighted by Gasteiger charge is 2.23. The molecule has 2 amide bonds. The van der Waals surface area contributed by atoms with Gasteiger partial charge in [0.15, 0.2) is 5.78 Å². The second kappa shape index (κ2) is 12.9. The Morgan fingerprint density at radius 2 is 1.65 bits per heavy atom. The molecule has 0 aromatic heterocycles. The van der Waals surface area contributed by atoms with Crippen LogP contribution in [0, 0.1) is 19.8 Å². The summed E-state index contributed by atoms with van der Waals surface area (Å²) >= 11 is 0.